The van der Waals surface area contributed by atoms with Crippen molar-refractivity contribution in [1.82, 2.24) is 4.31 Å². The summed E-state index contributed by atoms with van der Waals surface area (Å²) in [4.78, 5) is 7.16. The van der Waals surface area contributed by atoms with Gasteiger partial charge in [0.25, 0.3) is 0 Å². The zero-order chi connectivity index (χ0) is 15.5. The molecule has 0 radical (unpaired) electrons. The summed E-state index contributed by atoms with van der Waals surface area (Å²) < 4.78 is 24.8. The van der Waals surface area contributed by atoms with Crippen LogP contribution in [0.5, 0.6) is 5.75 Å². The van der Waals surface area contributed by atoms with E-state index in [4.69, 9.17) is 17.2 Å². The lowest BCUT2D eigenvalue weighted by molar-refractivity contribution is 0.473. The van der Waals surface area contributed by atoms with Crippen LogP contribution in [0.1, 0.15) is 0 Å². The molecule has 1 aromatic carbocycles. The number of sulfonamides is 1. The average molecular weight is 300 g/mol. The monoisotopic (exact) mass is 300 g/mol. The molecule has 0 aliphatic carbocycles. The van der Waals surface area contributed by atoms with Gasteiger partial charge in [0.2, 0.25) is 16.0 Å². The molecule has 9 nitrogen and oxygen atoms in total. The van der Waals surface area contributed by atoms with Crippen LogP contribution in [0.4, 0.5) is 5.69 Å². The van der Waals surface area contributed by atoms with Crippen molar-refractivity contribution < 1.29 is 13.5 Å². The van der Waals surface area contributed by atoms with Crippen molar-refractivity contribution in [1.29, 1.82) is 0 Å². The molecular formula is C10H16N6O3S. The van der Waals surface area contributed by atoms with Crippen LogP contribution >= 0.6 is 0 Å². The van der Waals surface area contributed by atoms with E-state index < -0.39 is 10.0 Å². The maximum absolute atomic E-state index is 11.9. The van der Waals surface area contributed by atoms with Crippen LogP contribution in [0.2, 0.25) is 0 Å². The number of phenolic OH excluding ortho intramolecular Hbond substituents is 1. The second kappa shape index (κ2) is 5.75. The molecule has 0 spiro atoms. The Bertz CT molecular complexity index is 662. The fourth-order valence-electron chi connectivity index (χ4n) is 1.25. The number of nitrogens with two attached hydrogens (primary N) is 3. The lowest BCUT2D eigenvalue weighted by Crippen LogP contribution is -2.26. The summed E-state index contributed by atoms with van der Waals surface area (Å²) in [6, 6.07) is 3.65. The van der Waals surface area contributed by atoms with Crippen LogP contribution < -0.4 is 17.2 Å². The highest BCUT2D eigenvalue weighted by Crippen LogP contribution is 2.29. The molecule has 0 saturated carbocycles. The van der Waals surface area contributed by atoms with Gasteiger partial charge in [0.15, 0.2) is 5.96 Å². The number of guanidine groups is 2. The van der Waals surface area contributed by atoms with Crippen molar-refractivity contribution in [2.45, 2.75) is 4.90 Å². The Hall–Kier alpha value is -2.33. The normalized spacial score (nSPS) is 12.4. The number of nitrogens with zero attached hydrogens (tertiary/aromatic N) is 3. The van der Waals surface area contributed by atoms with Crippen molar-refractivity contribution in [2.24, 2.45) is 27.2 Å². The summed E-state index contributed by atoms with van der Waals surface area (Å²) in [6.45, 7) is 0. The van der Waals surface area contributed by atoms with Crippen LogP contribution in [0.15, 0.2) is 33.1 Å². The maximum atomic E-state index is 11.9. The fraction of sp³-hybridized carbons (Fsp3) is 0.200. The molecule has 110 valence electrons. The highest BCUT2D eigenvalue weighted by molar-refractivity contribution is 7.89. The molecule has 0 heterocycles. The molecule has 0 unspecified atom stereocenters. The van der Waals surface area contributed by atoms with Gasteiger partial charge in [0, 0.05) is 20.2 Å². The first-order valence-corrected chi connectivity index (χ1v) is 6.78. The molecule has 1 aromatic rings. The van der Waals surface area contributed by atoms with Gasteiger partial charge in [-0.2, -0.15) is 4.99 Å². The predicted molar refractivity (Wildman–Crippen MR) is 76.1 cm³/mol. The standard InChI is InChI=1S/C10H16N6O3S/c1-16(2)20(18,19)6-3-4-7(8(17)5-6)14-10(13)15-9(11)12/h3-5,17H,1-2H3,(H6,11,12,13,14,15). The number of hydrogen-bond donors (Lipinski definition) is 4. The number of benzene rings is 1. The second-order valence-corrected chi connectivity index (χ2v) is 6.10. The largest absolute Gasteiger partial charge is 0.506 e. The quantitative estimate of drug-likeness (QED) is 0.407. The van der Waals surface area contributed by atoms with Gasteiger partial charge in [-0.1, -0.05) is 0 Å². The van der Waals surface area contributed by atoms with E-state index in [2.05, 4.69) is 9.98 Å². The van der Waals surface area contributed by atoms with E-state index in [9.17, 15) is 13.5 Å². The van der Waals surface area contributed by atoms with Crippen molar-refractivity contribution in [3.8, 4) is 5.75 Å². The lowest BCUT2D eigenvalue weighted by Gasteiger charge is -2.11. The van der Waals surface area contributed by atoms with Crippen molar-refractivity contribution >= 4 is 27.6 Å². The minimum Gasteiger partial charge on any atom is -0.506 e. The summed E-state index contributed by atoms with van der Waals surface area (Å²) in [5.74, 6) is -0.900. The summed E-state index contributed by atoms with van der Waals surface area (Å²) in [5.41, 5.74) is 15.7. The highest BCUT2D eigenvalue weighted by atomic mass is 32.2. The first kappa shape index (κ1) is 15.7. The number of rotatable bonds is 3. The van der Waals surface area contributed by atoms with E-state index in [1.165, 1.54) is 26.2 Å². The lowest BCUT2D eigenvalue weighted by atomic mass is 10.3. The Morgan fingerprint density at radius 3 is 2.30 bits per heavy atom. The smallest absolute Gasteiger partial charge is 0.242 e. The predicted octanol–water partition coefficient (Wildman–Crippen LogP) is -1.14. The SMILES string of the molecule is CN(C)S(=O)(=O)c1ccc(N=C(N)N=C(N)N)c(O)c1. The van der Waals surface area contributed by atoms with Crippen LogP contribution in [0.3, 0.4) is 0 Å². The molecule has 0 fully saturated rings. The van der Waals surface area contributed by atoms with Crippen molar-refractivity contribution in [2.75, 3.05) is 14.1 Å². The summed E-state index contributed by atoms with van der Waals surface area (Å²) in [5, 5.41) is 9.76. The van der Waals surface area contributed by atoms with Gasteiger partial charge in [-0.15, -0.1) is 0 Å². The van der Waals surface area contributed by atoms with E-state index in [-0.39, 0.29) is 28.3 Å². The van der Waals surface area contributed by atoms with E-state index in [0.717, 1.165) is 10.4 Å². The summed E-state index contributed by atoms with van der Waals surface area (Å²) in [7, 11) is -0.869. The third-order valence-electron chi connectivity index (χ3n) is 2.20. The van der Waals surface area contributed by atoms with E-state index >= 15 is 0 Å². The molecule has 0 bridgehead atoms. The van der Waals surface area contributed by atoms with Gasteiger partial charge >= 0.3 is 0 Å². The Morgan fingerprint density at radius 2 is 1.85 bits per heavy atom. The molecule has 0 aliphatic rings. The average Bonchev–Trinajstić information content (AvgIpc) is 2.30. The van der Waals surface area contributed by atoms with Gasteiger partial charge < -0.3 is 22.3 Å². The minimum absolute atomic E-state index is 0.0465. The zero-order valence-corrected chi connectivity index (χ0v) is 11.8. The molecule has 10 heteroatoms. The van der Waals surface area contributed by atoms with Gasteiger partial charge in [0.1, 0.15) is 11.4 Å². The van der Waals surface area contributed by atoms with Gasteiger partial charge in [-0.3, -0.25) is 0 Å². The highest BCUT2D eigenvalue weighted by Gasteiger charge is 2.18. The van der Waals surface area contributed by atoms with Crippen LogP contribution in [0.25, 0.3) is 0 Å². The molecule has 20 heavy (non-hydrogen) atoms. The maximum Gasteiger partial charge on any atom is 0.242 e. The van der Waals surface area contributed by atoms with Crippen molar-refractivity contribution in [3.63, 3.8) is 0 Å². The third-order valence-corrected chi connectivity index (χ3v) is 4.02. The molecular weight excluding hydrogens is 284 g/mol. The van der Waals surface area contributed by atoms with E-state index in [1.54, 1.807) is 0 Å². The Balaban J connectivity index is 3.23. The second-order valence-electron chi connectivity index (χ2n) is 3.94. The van der Waals surface area contributed by atoms with Crippen LogP contribution in [0, 0.1) is 0 Å². The molecule has 0 aromatic heterocycles. The Morgan fingerprint density at radius 1 is 1.25 bits per heavy atom. The number of phenols is 1. The minimum atomic E-state index is -3.64. The van der Waals surface area contributed by atoms with E-state index in [1.807, 2.05) is 0 Å². The Kier molecular flexibility index (Phi) is 4.53. The van der Waals surface area contributed by atoms with Gasteiger partial charge in [-0.25, -0.2) is 17.7 Å². The van der Waals surface area contributed by atoms with E-state index in [0.29, 0.717) is 0 Å². The summed E-state index contributed by atoms with van der Waals surface area (Å²) in [6.07, 6.45) is 0. The topological polar surface area (TPSA) is 160 Å². The first-order valence-electron chi connectivity index (χ1n) is 5.34. The Labute approximate surface area is 116 Å². The molecule has 7 N–H and O–H groups in total. The molecule has 1 rings (SSSR count). The fourth-order valence-corrected chi connectivity index (χ4v) is 2.17. The summed E-state index contributed by atoms with van der Waals surface area (Å²) >= 11 is 0. The number of aliphatic imine (C=N–C) groups is 2. The number of aromatic hydroxyl groups is 1. The van der Waals surface area contributed by atoms with Gasteiger partial charge in [-0.05, 0) is 12.1 Å². The molecule has 0 amide bonds. The van der Waals surface area contributed by atoms with Crippen LogP contribution in [-0.2, 0) is 10.0 Å². The van der Waals surface area contributed by atoms with Crippen LogP contribution in [-0.4, -0.2) is 43.8 Å². The zero-order valence-electron chi connectivity index (χ0n) is 11.0. The third kappa shape index (κ3) is 3.59. The molecule has 0 aliphatic heterocycles. The number of hydrogen-bond acceptors (Lipinski definition) is 4. The first-order chi connectivity index (χ1) is 9.14. The van der Waals surface area contributed by atoms with Gasteiger partial charge in [0.05, 0.1) is 4.90 Å². The van der Waals surface area contributed by atoms with Crippen molar-refractivity contribution in [3.05, 3.63) is 18.2 Å². The molecule has 0 atom stereocenters. The molecule has 0 saturated heterocycles.